The van der Waals surface area contributed by atoms with Gasteiger partial charge in [-0.2, -0.15) is 0 Å². The molecule has 0 aromatic heterocycles. The molecule has 6 nitrogen and oxygen atoms in total. The van der Waals surface area contributed by atoms with Crippen molar-refractivity contribution in [3.8, 4) is 11.5 Å². The molecule has 6 rings (SSSR count). The molecule has 1 saturated carbocycles. The Morgan fingerprint density at radius 3 is 2.67 bits per heavy atom. The van der Waals surface area contributed by atoms with Gasteiger partial charge in [-0.05, 0) is 91.1 Å². The summed E-state index contributed by atoms with van der Waals surface area (Å²) >= 11 is 0. The molecule has 3 aliphatic rings. The molecule has 7 heteroatoms. The van der Waals surface area contributed by atoms with E-state index in [0.29, 0.717) is 28.7 Å². The van der Waals surface area contributed by atoms with Gasteiger partial charge in [0.15, 0.2) is 11.5 Å². The molecule has 2 N–H and O–H groups in total. The van der Waals surface area contributed by atoms with Crippen molar-refractivity contribution in [3.05, 3.63) is 101 Å². The van der Waals surface area contributed by atoms with E-state index in [0.717, 1.165) is 37.0 Å². The van der Waals surface area contributed by atoms with Crippen LogP contribution in [-0.4, -0.2) is 24.6 Å². The molecular weight excluding hydrogens is 505 g/mol. The third-order valence-corrected chi connectivity index (χ3v) is 8.69. The number of hydrogen-bond acceptors (Lipinski definition) is 5. The van der Waals surface area contributed by atoms with Crippen LogP contribution in [0.15, 0.2) is 89.4 Å². The summed E-state index contributed by atoms with van der Waals surface area (Å²) in [5.74, 6) is 0.975. The van der Waals surface area contributed by atoms with Gasteiger partial charge in [0.05, 0.1) is 11.7 Å². The van der Waals surface area contributed by atoms with Crippen LogP contribution in [0.4, 0.5) is 10.1 Å². The van der Waals surface area contributed by atoms with Gasteiger partial charge in [0.1, 0.15) is 5.82 Å². The lowest BCUT2D eigenvalue weighted by Gasteiger charge is -2.40. The summed E-state index contributed by atoms with van der Waals surface area (Å²) in [4.78, 5) is 18.2. The number of nitrogens with one attached hydrogen (secondary N) is 2. The number of allylic oxidation sites excluding steroid dienone is 2. The maximum absolute atomic E-state index is 13.4. The second-order valence-electron chi connectivity index (χ2n) is 11.1. The third kappa shape index (κ3) is 5.04. The summed E-state index contributed by atoms with van der Waals surface area (Å²) in [6.07, 6.45) is 7.15. The maximum Gasteiger partial charge on any atom is 0.251 e. The number of carbonyl (C=O) groups is 1. The largest absolute Gasteiger partial charge is 0.454 e. The van der Waals surface area contributed by atoms with Crippen molar-refractivity contribution in [3.63, 3.8) is 0 Å². The highest BCUT2D eigenvalue weighted by Gasteiger charge is 2.47. The Kier molecular flexibility index (Phi) is 6.96. The van der Waals surface area contributed by atoms with Crippen molar-refractivity contribution in [2.24, 2.45) is 22.2 Å². The van der Waals surface area contributed by atoms with Gasteiger partial charge in [0, 0.05) is 23.4 Å². The van der Waals surface area contributed by atoms with Gasteiger partial charge in [0.25, 0.3) is 5.91 Å². The topological polar surface area (TPSA) is 83.8 Å². The molecule has 0 radical (unpaired) electrons. The molecule has 40 heavy (non-hydrogen) atoms. The molecule has 2 aliphatic carbocycles. The fourth-order valence-electron chi connectivity index (χ4n) is 6.41. The van der Waals surface area contributed by atoms with Crippen LogP contribution in [0.1, 0.15) is 54.6 Å². The van der Waals surface area contributed by atoms with Gasteiger partial charge in [0.2, 0.25) is 6.79 Å². The summed E-state index contributed by atoms with van der Waals surface area (Å²) in [6, 6.07) is 21.4. The lowest BCUT2D eigenvalue weighted by atomic mass is 9.65. The molecule has 4 atom stereocenters. The Hall–Kier alpha value is -4.26. The number of benzene rings is 3. The van der Waals surface area contributed by atoms with Crippen LogP contribution in [0.5, 0.6) is 11.5 Å². The van der Waals surface area contributed by atoms with Crippen LogP contribution in [0, 0.1) is 28.5 Å². The Bertz CT molecular complexity index is 1480. The summed E-state index contributed by atoms with van der Waals surface area (Å²) < 4.78 is 24.3. The van der Waals surface area contributed by atoms with Gasteiger partial charge in [-0.25, -0.2) is 4.39 Å². The number of hydrogen-bond donors (Lipinski definition) is 2. The molecule has 4 unspecified atom stereocenters. The summed E-state index contributed by atoms with van der Waals surface area (Å²) in [5.41, 5.74) is 4.37. The summed E-state index contributed by atoms with van der Waals surface area (Å²) in [7, 11) is 0. The third-order valence-electron chi connectivity index (χ3n) is 8.69. The van der Waals surface area contributed by atoms with Crippen LogP contribution in [0.2, 0.25) is 0 Å². The van der Waals surface area contributed by atoms with E-state index in [1.54, 1.807) is 30.3 Å². The van der Waals surface area contributed by atoms with Crippen molar-refractivity contribution in [1.29, 1.82) is 5.41 Å². The molecule has 1 fully saturated rings. The lowest BCUT2D eigenvalue weighted by molar-refractivity contribution is 0.0921. The first-order chi connectivity index (χ1) is 19.4. The molecule has 0 spiro atoms. The molecule has 1 aliphatic heterocycles. The number of aliphatic imine (C=N–C) groups is 1. The zero-order valence-electron chi connectivity index (χ0n) is 22.4. The molecular formula is C33H32FN3O3. The number of halogens is 1. The smallest absolute Gasteiger partial charge is 0.251 e. The van der Waals surface area contributed by atoms with E-state index in [-0.39, 0.29) is 35.9 Å². The Morgan fingerprint density at radius 1 is 1.12 bits per heavy atom. The average molecular weight is 538 g/mol. The minimum Gasteiger partial charge on any atom is -0.454 e. The molecule has 0 saturated heterocycles. The number of ether oxygens (including phenoxy) is 2. The number of rotatable bonds is 7. The number of nitrogens with zero attached hydrogens (tertiary/aromatic N) is 1. The van der Waals surface area contributed by atoms with Gasteiger partial charge in [-0.15, -0.1) is 0 Å². The quantitative estimate of drug-likeness (QED) is 0.313. The lowest BCUT2D eigenvalue weighted by Crippen LogP contribution is -2.37. The molecule has 1 amide bonds. The normalized spacial score (nSPS) is 24.8. The monoisotopic (exact) mass is 537 g/mol. The minimum absolute atomic E-state index is 0.111. The highest BCUT2D eigenvalue weighted by atomic mass is 19.1. The van der Waals surface area contributed by atoms with Crippen LogP contribution in [-0.2, 0) is 0 Å². The predicted octanol–water partition coefficient (Wildman–Crippen LogP) is 7.20. The van der Waals surface area contributed by atoms with E-state index >= 15 is 0 Å². The zero-order valence-corrected chi connectivity index (χ0v) is 22.4. The highest BCUT2D eigenvalue weighted by Crippen LogP contribution is 2.56. The van der Waals surface area contributed by atoms with Crippen molar-refractivity contribution >= 4 is 23.5 Å². The first-order valence-electron chi connectivity index (χ1n) is 13.7. The fourth-order valence-corrected chi connectivity index (χ4v) is 6.41. The SMILES string of the molecule is CC12CC(C=N)C(=Nc3ccc(F)cc3)C=C1CCC2CC(NC(=O)c1ccc2c(c1)OCO2)c1ccccc1. The average Bonchev–Trinajstić information content (AvgIpc) is 3.57. The van der Waals surface area contributed by atoms with Crippen LogP contribution in [0.3, 0.4) is 0 Å². The van der Waals surface area contributed by atoms with E-state index in [9.17, 15) is 9.18 Å². The van der Waals surface area contributed by atoms with Crippen LogP contribution >= 0.6 is 0 Å². The zero-order chi connectivity index (χ0) is 27.7. The number of fused-ring (bicyclic) bond motifs is 2. The first-order valence-corrected chi connectivity index (χ1v) is 13.7. The summed E-state index contributed by atoms with van der Waals surface area (Å²) in [5, 5.41) is 11.5. The maximum atomic E-state index is 13.4. The van der Waals surface area contributed by atoms with E-state index in [1.165, 1.54) is 23.9 Å². The van der Waals surface area contributed by atoms with Crippen molar-refractivity contribution in [2.45, 2.75) is 38.6 Å². The number of amides is 1. The van der Waals surface area contributed by atoms with Crippen molar-refractivity contribution in [2.75, 3.05) is 6.79 Å². The number of carbonyl (C=O) groups excluding carboxylic acids is 1. The standard InChI is InChI=1S/C33H32FN3O3/c1-33-18-23(19-35)29(36-27-12-10-26(34)11-13-27)17-25(33)9-8-24(33)16-28(21-5-3-2-4-6-21)37-32(38)22-7-14-30-31(15-22)40-20-39-30/h2-7,10-15,17,19,23-24,28,35H,8-9,16,18,20H2,1H3,(H,37,38). The first kappa shape index (κ1) is 26.0. The Labute approximate surface area is 233 Å². The Morgan fingerprint density at radius 2 is 1.90 bits per heavy atom. The fraction of sp³-hybridized carbons (Fsp3) is 0.303. The van der Waals surface area contributed by atoms with E-state index in [1.807, 2.05) is 18.2 Å². The van der Waals surface area contributed by atoms with Crippen molar-refractivity contribution < 1.29 is 18.7 Å². The highest BCUT2D eigenvalue weighted by molar-refractivity contribution is 6.08. The molecule has 204 valence electrons. The molecule has 3 aromatic rings. The second kappa shape index (κ2) is 10.7. The van der Waals surface area contributed by atoms with E-state index < -0.39 is 0 Å². The molecule has 1 heterocycles. The van der Waals surface area contributed by atoms with Crippen molar-refractivity contribution in [1.82, 2.24) is 5.32 Å². The molecule has 3 aromatic carbocycles. The van der Waals surface area contributed by atoms with Gasteiger partial charge in [-0.3, -0.25) is 9.79 Å². The minimum atomic E-state index is -0.292. The van der Waals surface area contributed by atoms with Gasteiger partial charge < -0.3 is 20.2 Å². The second-order valence-corrected chi connectivity index (χ2v) is 11.1. The predicted molar refractivity (Wildman–Crippen MR) is 153 cm³/mol. The molecule has 0 bridgehead atoms. The van der Waals surface area contributed by atoms with Crippen LogP contribution in [0.25, 0.3) is 0 Å². The Balaban J connectivity index is 1.26. The van der Waals surface area contributed by atoms with Gasteiger partial charge in [-0.1, -0.05) is 42.8 Å². The summed E-state index contributed by atoms with van der Waals surface area (Å²) in [6.45, 7) is 2.46. The van der Waals surface area contributed by atoms with E-state index in [4.69, 9.17) is 19.9 Å². The van der Waals surface area contributed by atoms with Crippen LogP contribution < -0.4 is 14.8 Å². The van der Waals surface area contributed by atoms with E-state index in [2.05, 4.69) is 30.4 Å². The van der Waals surface area contributed by atoms with Gasteiger partial charge >= 0.3 is 0 Å².